The molecule has 1 aliphatic rings. The van der Waals surface area contributed by atoms with E-state index in [4.69, 9.17) is 23.8 Å². The first-order valence-electron chi connectivity index (χ1n) is 7.85. The molecule has 0 spiro atoms. The summed E-state index contributed by atoms with van der Waals surface area (Å²) in [6.45, 7) is 0. The normalized spacial score (nSPS) is 17.3. The molecule has 7 nitrogen and oxygen atoms in total. The lowest BCUT2D eigenvalue weighted by Crippen LogP contribution is -2.44. The van der Waals surface area contributed by atoms with E-state index >= 15 is 0 Å². The molecule has 0 unspecified atom stereocenters. The van der Waals surface area contributed by atoms with Crippen LogP contribution in [0.25, 0.3) is 6.08 Å². The molecule has 11 heteroatoms. The third kappa shape index (κ3) is 5.57. The number of hydrogen-bond donors (Lipinski definition) is 1. The predicted octanol–water partition coefficient (Wildman–Crippen LogP) is 4.13. The fraction of sp³-hybridized carbons (Fsp3) is 0.235. The highest BCUT2D eigenvalue weighted by molar-refractivity contribution is 8.26. The van der Waals surface area contributed by atoms with Crippen LogP contribution in [-0.4, -0.2) is 49.2 Å². The number of nitrogens with zero attached hydrogens (tertiary/aromatic N) is 2. The van der Waals surface area contributed by atoms with Crippen LogP contribution < -0.4 is 0 Å². The molecule has 1 N–H and O–H groups in total. The molecule has 0 bridgehead atoms. The Morgan fingerprint density at radius 2 is 2.11 bits per heavy atom. The largest absolute Gasteiger partial charge is 0.480 e. The van der Waals surface area contributed by atoms with E-state index in [9.17, 15) is 24.8 Å². The standard InChI is InChI=1S/C17H15ClN2O5S3/c1-27-7-6-13(16(22)23)19-15(21)14(28-17(19)26)9-11(18)8-10-2-4-12(5-3-10)20(24)25/h2-5,8-9,13H,6-7H2,1H3,(H,22,23)/b11-8-,14-9-/t13-/m0/s1. The van der Waals surface area contributed by atoms with Crippen LogP contribution in [0.2, 0.25) is 0 Å². The van der Waals surface area contributed by atoms with Gasteiger partial charge < -0.3 is 5.11 Å². The molecule has 1 aromatic carbocycles. The van der Waals surface area contributed by atoms with Crippen molar-refractivity contribution in [2.75, 3.05) is 12.0 Å². The summed E-state index contributed by atoms with van der Waals surface area (Å²) in [5, 5.41) is 20.3. The minimum atomic E-state index is -1.11. The molecule has 2 rings (SSSR count). The lowest BCUT2D eigenvalue weighted by atomic mass is 10.2. The third-order valence-corrected chi connectivity index (χ3v) is 5.89. The van der Waals surface area contributed by atoms with Crippen LogP contribution in [0.5, 0.6) is 0 Å². The minimum Gasteiger partial charge on any atom is -0.480 e. The smallest absolute Gasteiger partial charge is 0.326 e. The molecule has 1 heterocycles. The van der Waals surface area contributed by atoms with Gasteiger partial charge in [-0.3, -0.25) is 19.8 Å². The average molecular weight is 459 g/mol. The van der Waals surface area contributed by atoms with Crippen molar-refractivity contribution in [3.63, 3.8) is 0 Å². The number of non-ortho nitro benzene ring substituents is 1. The second-order valence-corrected chi connectivity index (χ2v) is 8.66. The zero-order valence-electron chi connectivity index (χ0n) is 14.5. The van der Waals surface area contributed by atoms with Gasteiger partial charge in [0.05, 0.1) is 9.83 Å². The van der Waals surface area contributed by atoms with E-state index in [1.165, 1.54) is 42.1 Å². The second-order valence-electron chi connectivity index (χ2n) is 5.57. The summed E-state index contributed by atoms with van der Waals surface area (Å²) in [7, 11) is 0. The fourth-order valence-corrected chi connectivity index (χ4v) is 4.47. The van der Waals surface area contributed by atoms with Gasteiger partial charge in [0.15, 0.2) is 0 Å². The van der Waals surface area contributed by atoms with E-state index in [1.54, 1.807) is 6.08 Å². The van der Waals surface area contributed by atoms with Crippen molar-refractivity contribution in [3.8, 4) is 0 Å². The number of carbonyl (C=O) groups is 2. The van der Waals surface area contributed by atoms with E-state index in [0.29, 0.717) is 11.3 Å². The maximum Gasteiger partial charge on any atom is 0.326 e. The molecule has 28 heavy (non-hydrogen) atoms. The maximum atomic E-state index is 12.7. The lowest BCUT2D eigenvalue weighted by Gasteiger charge is -2.22. The monoisotopic (exact) mass is 458 g/mol. The van der Waals surface area contributed by atoms with Gasteiger partial charge in [0.25, 0.3) is 11.6 Å². The Bertz CT molecular complexity index is 870. The van der Waals surface area contributed by atoms with Crippen LogP contribution in [0.1, 0.15) is 12.0 Å². The van der Waals surface area contributed by atoms with E-state index in [2.05, 4.69) is 0 Å². The molecule has 1 saturated heterocycles. The van der Waals surface area contributed by atoms with Crippen molar-refractivity contribution < 1.29 is 19.6 Å². The predicted molar refractivity (Wildman–Crippen MR) is 116 cm³/mol. The molecule has 148 valence electrons. The van der Waals surface area contributed by atoms with Gasteiger partial charge in [-0.1, -0.05) is 35.6 Å². The SMILES string of the molecule is CSCC[C@@H](C(=O)O)N1C(=O)/C(=C/C(Cl)=C/c2ccc([N+](=O)[O-])cc2)SC1=S. The van der Waals surface area contributed by atoms with Crippen LogP contribution >= 0.6 is 47.3 Å². The second kappa shape index (κ2) is 10.1. The quantitative estimate of drug-likeness (QED) is 0.268. The fourth-order valence-electron chi connectivity index (χ4n) is 2.36. The minimum absolute atomic E-state index is 0.0425. The van der Waals surface area contributed by atoms with Gasteiger partial charge in [-0.05, 0) is 48.3 Å². The van der Waals surface area contributed by atoms with Crippen molar-refractivity contribution in [1.29, 1.82) is 0 Å². The van der Waals surface area contributed by atoms with Crippen molar-refractivity contribution >= 4 is 75.3 Å². The van der Waals surface area contributed by atoms with Gasteiger partial charge in [0, 0.05) is 17.2 Å². The number of halogens is 1. The molecule has 1 aromatic rings. The zero-order valence-corrected chi connectivity index (χ0v) is 17.7. The summed E-state index contributed by atoms with van der Waals surface area (Å²) in [6.07, 6.45) is 5.09. The van der Waals surface area contributed by atoms with Gasteiger partial charge in [0.1, 0.15) is 10.4 Å². The number of nitro benzene ring substituents is 1. The summed E-state index contributed by atoms with van der Waals surface area (Å²) in [4.78, 5) is 35.7. The third-order valence-electron chi connectivity index (χ3n) is 3.69. The Balaban J connectivity index is 2.21. The van der Waals surface area contributed by atoms with Crippen LogP contribution in [-0.2, 0) is 9.59 Å². The molecular formula is C17H15ClN2O5S3. The number of thiocarbonyl (C=S) groups is 1. The van der Waals surface area contributed by atoms with Crippen LogP contribution in [0.4, 0.5) is 5.69 Å². The Labute approximate surface area is 179 Å². The number of benzene rings is 1. The number of nitro groups is 1. The van der Waals surface area contributed by atoms with Crippen LogP contribution in [0, 0.1) is 10.1 Å². The molecule has 1 amide bonds. The summed E-state index contributed by atoms with van der Waals surface area (Å²) in [6, 6.07) is 4.73. The van der Waals surface area contributed by atoms with Gasteiger partial charge in [0.2, 0.25) is 0 Å². The highest BCUT2D eigenvalue weighted by atomic mass is 35.5. The maximum absolute atomic E-state index is 12.7. The van der Waals surface area contributed by atoms with Gasteiger partial charge >= 0.3 is 5.97 Å². The van der Waals surface area contributed by atoms with E-state index in [1.807, 2.05) is 6.26 Å². The number of hydrogen-bond acceptors (Lipinski definition) is 7. The molecular weight excluding hydrogens is 444 g/mol. The Morgan fingerprint density at radius 3 is 2.64 bits per heavy atom. The Kier molecular flexibility index (Phi) is 8.05. The Morgan fingerprint density at radius 1 is 1.46 bits per heavy atom. The molecule has 0 saturated carbocycles. The summed E-state index contributed by atoms with van der Waals surface area (Å²) >= 11 is 13.9. The van der Waals surface area contributed by atoms with Gasteiger partial charge in [-0.15, -0.1) is 0 Å². The molecule has 1 atom stereocenters. The number of carbonyl (C=O) groups excluding carboxylic acids is 1. The summed E-state index contributed by atoms with van der Waals surface area (Å²) in [5.41, 5.74) is 0.574. The van der Waals surface area contributed by atoms with Crippen molar-refractivity contribution in [1.82, 2.24) is 4.90 Å². The first kappa shape index (κ1) is 22.4. The van der Waals surface area contributed by atoms with E-state index in [0.717, 1.165) is 16.7 Å². The van der Waals surface area contributed by atoms with E-state index in [-0.39, 0.29) is 26.4 Å². The van der Waals surface area contributed by atoms with Crippen molar-refractivity contribution in [2.45, 2.75) is 12.5 Å². The van der Waals surface area contributed by atoms with Gasteiger partial charge in [-0.25, -0.2) is 4.79 Å². The summed E-state index contributed by atoms with van der Waals surface area (Å²) < 4.78 is 0.171. The number of thioether (sulfide) groups is 2. The molecule has 1 aliphatic heterocycles. The highest BCUT2D eigenvalue weighted by Gasteiger charge is 2.40. The first-order valence-corrected chi connectivity index (χ1v) is 10.8. The molecule has 1 fully saturated rings. The lowest BCUT2D eigenvalue weighted by molar-refractivity contribution is -0.384. The average Bonchev–Trinajstić information content (AvgIpc) is 2.89. The van der Waals surface area contributed by atoms with Crippen molar-refractivity contribution in [3.05, 3.63) is 56.0 Å². The number of carboxylic acid groups (broad SMARTS) is 1. The first-order chi connectivity index (χ1) is 13.2. The number of allylic oxidation sites excluding steroid dienone is 2. The number of rotatable bonds is 8. The molecule has 0 aliphatic carbocycles. The molecule has 0 aromatic heterocycles. The van der Waals surface area contributed by atoms with E-state index < -0.39 is 22.8 Å². The summed E-state index contributed by atoms with van der Waals surface area (Å²) in [5.74, 6) is -1.04. The zero-order chi connectivity index (χ0) is 20.8. The van der Waals surface area contributed by atoms with Gasteiger partial charge in [-0.2, -0.15) is 11.8 Å². The number of amides is 1. The van der Waals surface area contributed by atoms with Crippen LogP contribution in [0.3, 0.4) is 0 Å². The topological polar surface area (TPSA) is 101 Å². The number of carboxylic acids is 1. The Hall–Kier alpha value is -1.88. The highest BCUT2D eigenvalue weighted by Crippen LogP contribution is 2.35. The number of aliphatic carboxylic acids is 1. The van der Waals surface area contributed by atoms with Crippen molar-refractivity contribution in [2.24, 2.45) is 0 Å². The molecule has 0 radical (unpaired) electrons. The van der Waals surface area contributed by atoms with Crippen LogP contribution in [0.15, 0.2) is 40.3 Å².